The number of aryl methyl sites for hydroxylation is 2. The molecule has 0 N–H and O–H groups in total. The molecule has 0 amide bonds. The number of halogens is 3. The number of nitrogens with zero attached hydrogens (tertiary/aromatic N) is 2. The van der Waals surface area contributed by atoms with Crippen LogP contribution in [0, 0.1) is 19.8 Å². The molecular weight excluding hydrogens is 493 g/mol. The van der Waals surface area contributed by atoms with Gasteiger partial charge in [-0.1, -0.05) is 31.2 Å². The summed E-state index contributed by atoms with van der Waals surface area (Å²) in [6.45, 7) is 5.03. The van der Waals surface area contributed by atoms with E-state index in [-0.39, 0.29) is 0 Å². The Morgan fingerprint density at radius 2 is 1.84 bits per heavy atom. The van der Waals surface area contributed by atoms with Crippen LogP contribution in [0.5, 0.6) is 0 Å². The second-order valence-electron chi connectivity index (χ2n) is 9.94. The number of carbonyl (C=O) groups excluding carboxylic acids is 2. The van der Waals surface area contributed by atoms with Crippen LogP contribution in [0.15, 0.2) is 54.6 Å². The van der Waals surface area contributed by atoms with Gasteiger partial charge in [-0.05, 0) is 74.9 Å². The third kappa shape index (κ3) is 4.71. The first kappa shape index (κ1) is 25.7. The molecule has 2 aromatic carbocycles. The summed E-state index contributed by atoms with van der Waals surface area (Å²) in [5.41, 5.74) is 3.84. The van der Waals surface area contributed by atoms with Crippen LogP contribution in [0.4, 0.5) is 13.2 Å². The lowest BCUT2D eigenvalue weighted by molar-refractivity contribution is -0.137. The quantitative estimate of drug-likeness (QED) is 0.214. The van der Waals surface area contributed by atoms with E-state index in [4.69, 9.17) is 9.72 Å². The van der Waals surface area contributed by atoms with Gasteiger partial charge < -0.3 is 9.30 Å². The highest BCUT2D eigenvalue weighted by Gasteiger charge is 2.31. The molecule has 0 fully saturated rings. The smallest absolute Gasteiger partial charge is 0.416 e. The number of Topliss-reactive ketones (excluding diaryl/α,β-unsaturated/α-hetero) is 1. The zero-order valence-electron chi connectivity index (χ0n) is 21.4. The summed E-state index contributed by atoms with van der Waals surface area (Å²) >= 11 is 0. The van der Waals surface area contributed by atoms with E-state index in [0.29, 0.717) is 51.4 Å². The average Bonchev–Trinajstić information content (AvgIpc) is 3.19. The van der Waals surface area contributed by atoms with Crippen LogP contribution in [-0.2, 0) is 23.8 Å². The number of rotatable bonds is 5. The molecule has 1 unspecified atom stereocenters. The van der Waals surface area contributed by atoms with Crippen molar-refractivity contribution in [2.45, 2.75) is 46.2 Å². The van der Waals surface area contributed by atoms with Crippen LogP contribution in [0.1, 0.15) is 62.3 Å². The van der Waals surface area contributed by atoms with Crippen LogP contribution < -0.4 is 0 Å². The number of fused-ring (bicyclic) bond motifs is 2. The fourth-order valence-electron chi connectivity index (χ4n) is 5.34. The Morgan fingerprint density at radius 1 is 1.08 bits per heavy atom. The van der Waals surface area contributed by atoms with E-state index in [2.05, 4.69) is 6.92 Å². The largest absolute Gasteiger partial charge is 0.454 e. The summed E-state index contributed by atoms with van der Waals surface area (Å²) in [6, 6.07) is 14.0. The van der Waals surface area contributed by atoms with Gasteiger partial charge in [0.25, 0.3) is 0 Å². The fraction of sp³-hybridized carbons (Fsp3) is 0.300. The minimum absolute atomic E-state index is 0.294. The Hall–Kier alpha value is -3.94. The summed E-state index contributed by atoms with van der Waals surface area (Å²) in [4.78, 5) is 31.3. The van der Waals surface area contributed by atoms with E-state index in [1.807, 2.05) is 24.3 Å². The Morgan fingerprint density at radius 3 is 2.61 bits per heavy atom. The van der Waals surface area contributed by atoms with Crippen molar-refractivity contribution in [1.29, 1.82) is 0 Å². The lowest BCUT2D eigenvalue weighted by atomic mass is 9.84. The molecule has 8 heteroatoms. The van der Waals surface area contributed by atoms with Gasteiger partial charge in [0.2, 0.25) is 5.78 Å². The number of hydrogen-bond acceptors (Lipinski definition) is 4. The number of ketones is 1. The van der Waals surface area contributed by atoms with Crippen molar-refractivity contribution in [3.63, 3.8) is 0 Å². The molecule has 1 atom stereocenters. The Labute approximate surface area is 218 Å². The summed E-state index contributed by atoms with van der Waals surface area (Å²) in [6.07, 6.45) is -2.00. The maximum atomic E-state index is 13.4. The van der Waals surface area contributed by atoms with E-state index in [9.17, 15) is 22.8 Å². The monoisotopic (exact) mass is 520 g/mol. The van der Waals surface area contributed by atoms with Gasteiger partial charge in [-0.2, -0.15) is 13.2 Å². The molecular formula is C30H27F3N2O3. The zero-order valence-corrected chi connectivity index (χ0v) is 21.4. The van der Waals surface area contributed by atoms with Crippen molar-refractivity contribution >= 4 is 22.7 Å². The van der Waals surface area contributed by atoms with Crippen molar-refractivity contribution < 1.29 is 27.5 Å². The van der Waals surface area contributed by atoms with E-state index in [1.54, 1.807) is 30.5 Å². The van der Waals surface area contributed by atoms with E-state index >= 15 is 0 Å². The number of alkyl halides is 3. The molecule has 5 rings (SSSR count). The number of pyridine rings is 1. The van der Waals surface area contributed by atoms with Crippen LogP contribution in [-0.4, -0.2) is 27.9 Å². The standard InChI is InChI=1S/C30H27F3N2O3/c1-17-11-12-26-24(13-17)28(22-9-4-5-10-25(22)34-26)29(37)38-16-27(36)23-14-18(2)35(19(23)3)21-8-6-7-20(15-21)30(31,32)33/h4-10,14-15,17H,11-13,16H2,1-3H3. The fourth-order valence-corrected chi connectivity index (χ4v) is 5.34. The molecule has 0 aliphatic heterocycles. The topological polar surface area (TPSA) is 61.2 Å². The Kier molecular flexibility index (Phi) is 6.59. The molecule has 196 valence electrons. The molecule has 0 saturated carbocycles. The number of carbonyl (C=O) groups is 2. The molecule has 2 heterocycles. The first-order valence-corrected chi connectivity index (χ1v) is 12.5. The number of esters is 1. The van der Waals surface area contributed by atoms with Gasteiger partial charge in [0, 0.05) is 33.7 Å². The van der Waals surface area contributed by atoms with Gasteiger partial charge in [-0.25, -0.2) is 4.79 Å². The molecule has 38 heavy (non-hydrogen) atoms. The van der Waals surface area contributed by atoms with Gasteiger partial charge in [0.15, 0.2) is 6.61 Å². The summed E-state index contributed by atoms with van der Waals surface area (Å²) < 4.78 is 46.9. The molecule has 4 aromatic rings. The maximum Gasteiger partial charge on any atom is 0.416 e. The summed E-state index contributed by atoms with van der Waals surface area (Å²) in [5, 5.41) is 0.695. The maximum absolute atomic E-state index is 13.4. The SMILES string of the molecule is Cc1cc(C(=O)COC(=O)c2c3c(nc4ccccc24)CCC(C)C3)c(C)n1-c1cccc(C(F)(F)F)c1. The number of para-hydroxylation sites is 1. The minimum Gasteiger partial charge on any atom is -0.454 e. The van der Waals surface area contributed by atoms with Crippen LogP contribution in [0.25, 0.3) is 16.6 Å². The van der Waals surface area contributed by atoms with Crippen LogP contribution >= 0.6 is 0 Å². The van der Waals surface area contributed by atoms with Crippen molar-refractivity contribution in [3.05, 3.63) is 93.9 Å². The van der Waals surface area contributed by atoms with Crippen molar-refractivity contribution in [1.82, 2.24) is 9.55 Å². The van der Waals surface area contributed by atoms with Crippen LogP contribution in [0.3, 0.4) is 0 Å². The zero-order chi connectivity index (χ0) is 27.2. The van der Waals surface area contributed by atoms with E-state index in [0.717, 1.165) is 36.2 Å². The molecule has 1 aliphatic rings. The molecule has 0 spiro atoms. The lowest BCUT2D eigenvalue weighted by Gasteiger charge is -2.24. The van der Waals surface area contributed by atoms with Gasteiger partial charge >= 0.3 is 12.1 Å². The average molecular weight is 521 g/mol. The first-order valence-electron chi connectivity index (χ1n) is 12.5. The van der Waals surface area contributed by atoms with Gasteiger partial charge in [0.05, 0.1) is 16.6 Å². The molecule has 5 nitrogen and oxygen atoms in total. The Balaban J connectivity index is 1.42. The third-order valence-corrected chi connectivity index (χ3v) is 7.21. The van der Waals surface area contributed by atoms with Crippen LogP contribution in [0.2, 0.25) is 0 Å². The van der Waals surface area contributed by atoms with Crippen molar-refractivity contribution in [2.24, 2.45) is 5.92 Å². The normalized spacial score (nSPS) is 15.4. The van der Waals surface area contributed by atoms with Crippen molar-refractivity contribution in [2.75, 3.05) is 6.61 Å². The number of benzene rings is 2. The van der Waals surface area contributed by atoms with Gasteiger partial charge in [-0.15, -0.1) is 0 Å². The molecule has 0 saturated heterocycles. The first-order chi connectivity index (χ1) is 18.0. The molecule has 1 aliphatic carbocycles. The van der Waals surface area contributed by atoms with Gasteiger partial charge in [-0.3, -0.25) is 9.78 Å². The predicted molar refractivity (Wildman–Crippen MR) is 138 cm³/mol. The molecule has 0 radical (unpaired) electrons. The second kappa shape index (κ2) is 9.74. The number of hydrogen-bond donors (Lipinski definition) is 0. The summed E-state index contributed by atoms with van der Waals surface area (Å²) in [7, 11) is 0. The highest BCUT2D eigenvalue weighted by molar-refractivity contribution is 6.06. The summed E-state index contributed by atoms with van der Waals surface area (Å²) in [5.74, 6) is -0.598. The lowest BCUT2D eigenvalue weighted by Crippen LogP contribution is -2.21. The predicted octanol–water partition coefficient (Wildman–Crippen LogP) is 6.83. The molecule has 0 bridgehead atoms. The van der Waals surface area contributed by atoms with E-state index in [1.165, 1.54) is 6.07 Å². The third-order valence-electron chi connectivity index (χ3n) is 7.21. The molecule has 2 aromatic heterocycles. The van der Waals surface area contributed by atoms with E-state index < -0.39 is 30.1 Å². The Bertz CT molecular complexity index is 1570. The highest BCUT2D eigenvalue weighted by Crippen LogP contribution is 2.33. The number of ether oxygens (including phenoxy) is 1. The van der Waals surface area contributed by atoms with Gasteiger partial charge in [0.1, 0.15) is 0 Å². The minimum atomic E-state index is -4.48. The van der Waals surface area contributed by atoms with Crippen molar-refractivity contribution in [3.8, 4) is 5.69 Å². The highest BCUT2D eigenvalue weighted by atomic mass is 19.4. The number of aromatic nitrogens is 2. The second-order valence-corrected chi connectivity index (χ2v) is 9.94.